The summed E-state index contributed by atoms with van der Waals surface area (Å²) in [7, 11) is 0. The zero-order valence-electron chi connectivity index (χ0n) is 19.2. The molecule has 0 aromatic carbocycles. The van der Waals surface area contributed by atoms with Crippen LogP contribution in [0, 0.1) is 35.0 Å². The molecule has 1 amide bonds. The molecule has 5 aliphatic carbocycles. The van der Waals surface area contributed by atoms with Gasteiger partial charge in [-0.15, -0.1) is 11.3 Å². The van der Waals surface area contributed by atoms with Crippen LogP contribution in [-0.4, -0.2) is 54.5 Å². The van der Waals surface area contributed by atoms with Crippen molar-refractivity contribution in [3.8, 4) is 6.07 Å². The summed E-state index contributed by atoms with van der Waals surface area (Å²) in [5.74, 6) is 3.99. The molecule has 6 heteroatoms. The fourth-order valence-electron chi connectivity index (χ4n) is 8.03. The number of amides is 1. The smallest absolute Gasteiger partial charge is 0.239 e. The van der Waals surface area contributed by atoms with Gasteiger partial charge in [-0.1, -0.05) is 6.42 Å². The van der Waals surface area contributed by atoms with Gasteiger partial charge in [0.1, 0.15) is 11.1 Å². The average molecular weight is 453 g/mol. The van der Waals surface area contributed by atoms with Crippen molar-refractivity contribution in [3.05, 3.63) is 16.0 Å². The molecule has 0 atom stereocenters. The normalized spacial score (nSPS) is 34.7. The number of nitrogens with zero attached hydrogens (tertiary/aromatic N) is 3. The van der Waals surface area contributed by atoms with Crippen LogP contribution in [0.2, 0.25) is 0 Å². The van der Waals surface area contributed by atoms with Crippen molar-refractivity contribution in [3.63, 3.8) is 0 Å². The number of nitriles is 1. The van der Waals surface area contributed by atoms with E-state index in [0.717, 1.165) is 85.7 Å². The van der Waals surface area contributed by atoms with Crippen molar-refractivity contribution in [2.24, 2.45) is 23.7 Å². The lowest BCUT2D eigenvalue weighted by Crippen LogP contribution is -2.60. The lowest BCUT2D eigenvalue weighted by atomic mass is 9.54. The summed E-state index contributed by atoms with van der Waals surface area (Å²) >= 11 is 1.64. The fraction of sp³-hybridized carbons (Fsp3) is 0.769. The second-order valence-electron chi connectivity index (χ2n) is 11.2. The van der Waals surface area contributed by atoms with Crippen molar-refractivity contribution >= 4 is 22.2 Å². The zero-order valence-corrected chi connectivity index (χ0v) is 20.0. The van der Waals surface area contributed by atoms with Crippen molar-refractivity contribution in [1.29, 1.82) is 5.26 Å². The SMILES string of the molecule is N#Cc1c(NC(=O)CN2CCN(C3C4CC5CC(C4)CC3C5)CC2)sc2c1CCCCC2. The summed E-state index contributed by atoms with van der Waals surface area (Å²) in [4.78, 5) is 19.3. The number of fused-ring (bicyclic) bond motifs is 1. The highest BCUT2D eigenvalue weighted by Crippen LogP contribution is 2.55. The first-order chi connectivity index (χ1) is 15.7. The Kier molecular flexibility index (Phi) is 5.77. The lowest BCUT2D eigenvalue weighted by Gasteiger charge is -2.58. The summed E-state index contributed by atoms with van der Waals surface area (Å²) in [5.41, 5.74) is 1.93. The van der Waals surface area contributed by atoms with Gasteiger partial charge in [-0.2, -0.15) is 5.26 Å². The number of nitrogens with one attached hydrogen (secondary N) is 1. The van der Waals surface area contributed by atoms with Crippen LogP contribution in [0.4, 0.5) is 5.00 Å². The van der Waals surface area contributed by atoms with E-state index < -0.39 is 0 Å². The van der Waals surface area contributed by atoms with Crippen LogP contribution in [0.5, 0.6) is 0 Å². The molecule has 7 rings (SSSR count). The number of carbonyl (C=O) groups is 1. The maximum Gasteiger partial charge on any atom is 0.239 e. The molecule has 172 valence electrons. The van der Waals surface area contributed by atoms with Gasteiger partial charge >= 0.3 is 0 Å². The van der Waals surface area contributed by atoms with Gasteiger partial charge in [0.15, 0.2) is 0 Å². The largest absolute Gasteiger partial charge is 0.315 e. The minimum Gasteiger partial charge on any atom is -0.315 e. The summed E-state index contributed by atoms with van der Waals surface area (Å²) in [5, 5.41) is 13.6. The molecule has 6 aliphatic rings. The van der Waals surface area contributed by atoms with E-state index in [1.807, 2.05) is 0 Å². The van der Waals surface area contributed by atoms with Crippen LogP contribution >= 0.6 is 11.3 Å². The highest BCUT2D eigenvalue weighted by Gasteiger charge is 2.50. The molecule has 1 aromatic rings. The van der Waals surface area contributed by atoms with E-state index in [2.05, 4.69) is 21.2 Å². The van der Waals surface area contributed by atoms with E-state index in [9.17, 15) is 10.1 Å². The predicted molar refractivity (Wildman–Crippen MR) is 128 cm³/mol. The van der Waals surface area contributed by atoms with E-state index in [4.69, 9.17) is 0 Å². The summed E-state index contributed by atoms with van der Waals surface area (Å²) in [6.07, 6.45) is 13.1. The van der Waals surface area contributed by atoms with Gasteiger partial charge in [-0.25, -0.2) is 0 Å². The molecule has 0 spiro atoms. The van der Waals surface area contributed by atoms with Gasteiger partial charge < -0.3 is 5.32 Å². The van der Waals surface area contributed by atoms with Crippen LogP contribution < -0.4 is 5.32 Å². The van der Waals surface area contributed by atoms with Gasteiger partial charge in [0, 0.05) is 37.1 Å². The Hall–Kier alpha value is -1.42. The second kappa shape index (κ2) is 8.74. The fourth-order valence-corrected chi connectivity index (χ4v) is 9.29. The lowest BCUT2D eigenvalue weighted by molar-refractivity contribution is -0.118. The minimum atomic E-state index is 0.0426. The standard InChI is InChI=1S/C26H36N4OS/c27-15-22-21-4-2-1-3-5-23(21)32-26(22)28-24(31)16-29-6-8-30(9-7-29)25-19-11-17-10-18(13-19)14-20(25)12-17/h17-20,25H,1-14,16H2,(H,28,31). The Morgan fingerprint density at radius 2 is 1.66 bits per heavy atom. The zero-order chi connectivity index (χ0) is 21.7. The number of thiophene rings is 1. The third-order valence-corrected chi connectivity index (χ3v) is 10.4. The van der Waals surface area contributed by atoms with Gasteiger partial charge in [0.2, 0.25) is 5.91 Å². The van der Waals surface area contributed by atoms with Crippen LogP contribution in [0.3, 0.4) is 0 Å². The van der Waals surface area contributed by atoms with Crippen molar-refractivity contribution in [1.82, 2.24) is 9.80 Å². The number of rotatable bonds is 4. The van der Waals surface area contributed by atoms with E-state index >= 15 is 0 Å². The van der Waals surface area contributed by atoms with Crippen molar-refractivity contribution in [2.45, 2.75) is 70.3 Å². The van der Waals surface area contributed by atoms with E-state index in [1.54, 1.807) is 11.3 Å². The molecule has 5 nitrogen and oxygen atoms in total. The van der Waals surface area contributed by atoms with E-state index in [-0.39, 0.29) is 5.91 Å². The first kappa shape index (κ1) is 21.1. The number of piperazine rings is 1. The molecule has 0 radical (unpaired) electrons. The quantitative estimate of drug-likeness (QED) is 0.693. The minimum absolute atomic E-state index is 0.0426. The third-order valence-electron chi connectivity index (χ3n) is 9.16. The Balaban J connectivity index is 1.04. The van der Waals surface area contributed by atoms with Gasteiger partial charge in [0.25, 0.3) is 0 Å². The van der Waals surface area contributed by atoms with Gasteiger partial charge in [-0.05, 0) is 87.0 Å². The molecule has 1 aromatic heterocycles. The third kappa shape index (κ3) is 3.91. The maximum absolute atomic E-state index is 12.8. The highest BCUT2D eigenvalue weighted by atomic mass is 32.1. The van der Waals surface area contributed by atoms with Crippen molar-refractivity contribution < 1.29 is 4.79 Å². The summed E-state index contributed by atoms with van der Waals surface area (Å²) in [6, 6.07) is 3.20. The molecule has 4 bridgehead atoms. The summed E-state index contributed by atoms with van der Waals surface area (Å²) in [6.45, 7) is 4.64. The Labute approximate surface area is 196 Å². The molecular formula is C26H36N4OS. The summed E-state index contributed by atoms with van der Waals surface area (Å²) < 4.78 is 0. The predicted octanol–water partition coefficient (Wildman–Crippen LogP) is 4.27. The molecule has 1 saturated heterocycles. The molecule has 1 aliphatic heterocycles. The first-order valence-electron chi connectivity index (χ1n) is 13.0. The number of anilines is 1. The second-order valence-corrected chi connectivity index (χ2v) is 12.3. The van der Waals surface area contributed by atoms with Crippen LogP contribution in [0.1, 0.15) is 67.4 Å². The highest BCUT2D eigenvalue weighted by molar-refractivity contribution is 7.16. The van der Waals surface area contributed by atoms with Crippen molar-refractivity contribution in [2.75, 3.05) is 38.0 Å². The molecular weight excluding hydrogens is 416 g/mol. The number of carbonyl (C=O) groups excluding carboxylic acids is 1. The monoisotopic (exact) mass is 452 g/mol. The number of aryl methyl sites for hydroxylation is 1. The first-order valence-corrected chi connectivity index (χ1v) is 13.8. The Morgan fingerprint density at radius 1 is 0.969 bits per heavy atom. The van der Waals surface area contributed by atoms with Crippen LogP contribution in [-0.2, 0) is 17.6 Å². The van der Waals surface area contributed by atoms with E-state index in [1.165, 1.54) is 55.4 Å². The average Bonchev–Trinajstić information content (AvgIpc) is 2.93. The Bertz CT molecular complexity index is 882. The topological polar surface area (TPSA) is 59.4 Å². The van der Waals surface area contributed by atoms with E-state index in [0.29, 0.717) is 6.54 Å². The maximum atomic E-state index is 12.8. The molecule has 1 N–H and O–H groups in total. The molecule has 32 heavy (non-hydrogen) atoms. The number of hydrogen-bond acceptors (Lipinski definition) is 5. The Morgan fingerprint density at radius 3 is 2.34 bits per heavy atom. The molecule has 2 heterocycles. The van der Waals surface area contributed by atoms with Gasteiger partial charge in [-0.3, -0.25) is 14.6 Å². The number of hydrogen-bond donors (Lipinski definition) is 1. The van der Waals surface area contributed by atoms with Gasteiger partial charge in [0.05, 0.1) is 12.1 Å². The molecule has 4 saturated carbocycles. The van der Waals surface area contributed by atoms with Crippen LogP contribution in [0.25, 0.3) is 0 Å². The molecule has 0 unspecified atom stereocenters. The van der Waals surface area contributed by atoms with Crippen LogP contribution in [0.15, 0.2) is 0 Å². The molecule has 5 fully saturated rings.